The van der Waals surface area contributed by atoms with E-state index in [1.165, 1.54) is 6.07 Å². The van der Waals surface area contributed by atoms with Crippen molar-refractivity contribution in [2.75, 3.05) is 30.7 Å². The second kappa shape index (κ2) is 6.56. The Kier molecular flexibility index (Phi) is 4.95. The minimum Gasteiger partial charge on any atom is -0.398 e. The van der Waals surface area contributed by atoms with Crippen LogP contribution in [0.15, 0.2) is 18.2 Å². The molecule has 1 aromatic rings. The van der Waals surface area contributed by atoms with Crippen molar-refractivity contribution in [3.63, 3.8) is 0 Å². The highest BCUT2D eigenvalue weighted by molar-refractivity contribution is 5.92. The van der Waals surface area contributed by atoms with Crippen molar-refractivity contribution < 1.29 is 18.0 Å². The van der Waals surface area contributed by atoms with E-state index >= 15 is 0 Å². The number of halogens is 3. The smallest absolute Gasteiger partial charge is 0.398 e. The molecule has 1 aromatic carbocycles. The largest absolute Gasteiger partial charge is 0.418 e. The predicted molar refractivity (Wildman–Crippen MR) is 79.3 cm³/mol. The van der Waals surface area contributed by atoms with Gasteiger partial charge in [-0.05, 0) is 50.0 Å². The standard InChI is InChI=1S/C15H20F3N3O/c1-10-4-6-21(7-5-10)9-14(22)20-11-2-3-13(19)12(8-11)15(16,17)18/h2-3,8,10H,4-7,9,19H2,1H3,(H,20,22). The van der Waals surface area contributed by atoms with Crippen molar-refractivity contribution in [2.45, 2.75) is 25.9 Å². The van der Waals surface area contributed by atoms with E-state index in [2.05, 4.69) is 12.2 Å². The van der Waals surface area contributed by atoms with Crippen molar-refractivity contribution in [2.24, 2.45) is 5.92 Å². The topological polar surface area (TPSA) is 58.4 Å². The van der Waals surface area contributed by atoms with E-state index in [4.69, 9.17) is 5.73 Å². The number of hydrogen-bond acceptors (Lipinski definition) is 3. The molecule has 0 atom stereocenters. The van der Waals surface area contributed by atoms with Crippen LogP contribution in [0.5, 0.6) is 0 Å². The Morgan fingerprint density at radius 3 is 2.59 bits per heavy atom. The van der Waals surface area contributed by atoms with E-state index in [0.29, 0.717) is 5.92 Å². The van der Waals surface area contributed by atoms with Crippen LogP contribution in [0.3, 0.4) is 0 Å². The summed E-state index contributed by atoms with van der Waals surface area (Å²) in [5.41, 5.74) is 4.15. The molecular formula is C15H20F3N3O. The highest BCUT2D eigenvalue weighted by Gasteiger charge is 2.33. The lowest BCUT2D eigenvalue weighted by Crippen LogP contribution is -2.38. The maximum Gasteiger partial charge on any atom is 0.418 e. The molecule has 1 amide bonds. The predicted octanol–water partition coefficient (Wildman–Crippen LogP) is 2.96. The van der Waals surface area contributed by atoms with Crippen LogP contribution < -0.4 is 11.1 Å². The van der Waals surface area contributed by atoms with Gasteiger partial charge in [0.2, 0.25) is 5.91 Å². The second-order valence-corrected chi connectivity index (χ2v) is 5.81. The van der Waals surface area contributed by atoms with Crippen LogP contribution >= 0.6 is 0 Å². The molecule has 0 aromatic heterocycles. The van der Waals surface area contributed by atoms with Gasteiger partial charge in [-0.15, -0.1) is 0 Å². The number of anilines is 2. The van der Waals surface area contributed by atoms with Crippen LogP contribution in [-0.2, 0) is 11.0 Å². The Bertz CT molecular complexity index is 537. The highest BCUT2D eigenvalue weighted by Crippen LogP contribution is 2.35. The molecular weight excluding hydrogens is 295 g/mol. The van der Waals surface area contributed by atoms with Gasteiger partial charge < -0.3 is 11.1 Å². The monoisotopic (exact) mass is 315 g/mol. The number of amides is 1. The second-order valence-electron chi connectivity index (χ2n) is 5.81. The lowest BCUT2D eigenvalue weighted by molar-refractivity contribution is -0.136. The fourth-order valence-corrected chi connectivity index (χ4v) is 2.50. The molecule has 1 aliphatic heterocycles. The number of carbonyl (C=O) groups excluding carboxylic acids is 1. The molecule has 1 heterocycles. The van der Waals surface area contributed by atoms with Gasteiger partial charge in [0, 0.05) is 11.4 Å². The number of hydrogen-bond donors (Lipinski definition) is 2. The van der Waals surface area contributed by atoms with E-state index in [1.54, 1.807) is 0 Å². The van der Waals surface area contributed by atoms with Gasteiger partial charge in [-0.2, -0.15) is 13.2 Å². The maximum absolute atomic E-state index is 12.8. The first-order chi connectivity index (χ1) is 10.3. The minimum atomic E-state index is -4.53. The highest BCUT2D eigenvalue weighted by atomic mass is 19.4. The zero-order valence-corrected chi connectivity index (χ0v) is 12.4. The Morgan fingerprint density at radius 2 is 2.00 bits per heavy atom. The molecule has 1 fully saturated rings. The molecule has 122 valence electrons. The molecule has 4 nitrogen and oxygen atoms in total. The van der Waals surface area contributed by atoms with Gasteiger partial charge in [-0.25, -0.2) is 0 Å². The number of nitrogens with two attached hydrogens (primary N) is 1. The molecule has 0 saturated carbocycles. The molecule has 0 bridgehead atoms. The van der Waals surface area contributed by atoms with Gasteiger partial charge in [-0.3, -0.25) is 9.69 Å². The first-order valence-electron chi connectivity index (χ1n) is 7.24. The van der Waals surface area contributed by atoms with E-state index in [-0.39, 0.29) is 23.8 Å². The number of carbonyl (C=O) groups is 1. The van der Waals surface area contributed by atoms with Gasteiger partial charge in [0.05, 0.1) is 12.1 Å². The first kappa shape index (κ1) is 16.6. The molecule has 22 heavy (non-hydrogen) atoms. The zero-order valence-electron chi connectivity index (χ0n) is 12.4. The molecule has 3 N–H and O–H groups in total. The summed E-state index contributed by atoms with van der Waals surface area (Å²) >= 11 is 0. The molecule has 1 aliphatic rings. The Morgan fingerprint density at radius 1 is 1.36 bits per heavy atom. The van der Waals surface area contributed by atoms with Crippen molar-refractivity contribution in [1.29, 1.82) is 0 Å². The fraction of sp³-hybridized carbons (Fsp3) is 0.533. The van der Waals surface area contributed by atoms with E-state index in [9.17, 15) is 18.0 Å². The van der Waals surface area contributed by atoms with Crippen molar-refractivity contribution >= 4 is 17.3 Å². The van der Waals surface area contributed by atoms with E-state index < -0.39 is 11.7 Å². The SMILES string of the molecule is CC1CCN(CC(=O)Nc2ccc(N)c(C(F)(F)F)c2)CC1. The molecule has 0 radical (unpaired) electrons. The summed E-state index contributed by atoms with van der Waals surface area (Å²) in [5.74, 6) is 0.346. The minimum absolute atomic E-state index is 0.108. The lowest BCUT2D eigenvalue weighted by Gasteiger charge is -2.29. The number of nitrogens with zero attached hydrogens (tertiary/aromatic N) is 1. The lowest BCUT2D eigenvalue weighted by atomic mass is 9.99. The Balaban J connectivity index is 1.97. The van der Waals surface area contributed by atoms with Crippen LogP contribution in [0.1, 0.15) is 25.3 Å². The summed E-state index contributed by atoms with van der Waals surface area (Å²) in [6.07, 6.45) is -2.46. The van der Waals surface area contributed by atoms with Crippen molar-refractivity contribution in [3.8, 4) is 0 Å². The average Bonchev–Trinajstić information content (AvgIpc) is 2.42. The molecule has 0 spiro atoms. The van der Waals surface area contributed by atoms with Gasteiger partial charge in [-0.1, -0.05) is 6.92 Å². The number of rotatable bonds is 3. The summed E-state index contributed by atoms with van der Waals surface area (Å²) in [7, 11) is 0. The van der Waals surface area contributed by atoms with Crippen LogP contribution in [-0.4, -0.2) is 30.4 Å². The molecule has 0 unspecified atom stereocenters. The van der Waals surface area contributed by atoms with Gasteiger partial charge >= 0.3 is 6.18 Å². The van der Waals surface area contributed by atoms with E-state index in [1.807, 2.05) is 4.90 Å². The van der Waals surface area contributed by atoms with Gasteiger partial charge in [0.15, 0.2) is 0 Å². The van der Waals surface area contributed by atoms with Crippen LogP contribution in [0, 0.1) is 5.92 Å². The van der Waals surface area contributed by atoms with Crippen LogP contribution in [0.25, 0.3) is 0 Å². The van der Waals surface area contributed by atoms with Gasteiger partial charge in [0.1, 0.15) is 0 Å². The third kappa shape index (κ3) is 4.37. The normalized spacial score (nSPS) is 17.5. The molecule has 0 aliphatic carbocycles. The summed E-state index contributed by atoms with van der Waals surface area (Å²) < 4.78 is 38.3. The van der Waals surface area contributed by atoms with Crippen molar-refractivity contribution in [3.05, 3.63) is 23.8 Å². The number of nitrogens with one attached hydrogen (secondary N) is 1. The quantitative estimate of drug-likeness (QED) is 0.843. The summed E-state index contributed by atoms with van der Waals surface area (Å²) in [5, 5.41) is 2.50. The third-order valence-electron chi connectivity index (χ3n) is 3.89. The van der Waals surface area contributed by atoms with Crippen LogP contribution in [0.2, 0.25) is 0 Å². The Hall–Kier alpha value is -1.76. The number of likely N-dealkylation sites (tertiary alicyclic amines) is 1. The molecule has 2 rings (SSSR count). The number of benzene rings is 1. The van der Waals surface area contributed by atoms with Crippen LogP contribution in [0.4, 0.5) is 24.5 Å². The number of alkyl halides is 3. The fourth-order valence-electron chi connectivity index (χ4n) is 2.50. The maximum atomic E-state index is 12.8. The first-order valence-corrected chi connectivity index (χ1v) is 7.24. The molecule has 1 saturated heterocycles. The average molecular weight is 315 g/mol. The van der Waals surface area contributed by atoms with Gasteiger partial charge in [0.25, 0.3) is 0 Å². The van der Waals surface area contributed by atoms with E-state index in [0.717, 1.165) is 38.1 Å². The van der Waals surface area contributed by atoms with Crippen molar-refractivity contribution in [1.82, 2.24) is 4.90 Å². The number of nitrogen functional groups attached to an aromatic ring is 1. The summed E-state index contributed by atoms with van der Waals surface area (Å²) in [4.78, 5) is 14.0. The summed E-state index contributed by atoms with van der Waals surface area (Å²) in [6.45, 7) is 4.04. The number of piperidine rings is 1. The zero-order chi connectivity index (χ0) is 16.3. The molecule has 7 heteroatoms. The summed E-state index contributed by atoms with van der Waals surface area (Å²) in [6, 6.07) is 3.40. The Labute approximate surface area is 127 Å². The third-order valence-corrected chi connectivity index (χ3v) is 3.89.